The predicted octanol–water partition coefficient (Wildman–Crippen LogP) is 3.64. The number of carbonyl (C=O) groups excluding carboxylic acids is 1. The van der Waals surface area contributed by atoms with E-state index in [4.69, 9.17) is 0 Å². The summed E-state index contributed by atoms with van der Waals surface area (Å²) in [7, 11) is -3.49. The van der Waals surface area contributed by atoms with Crippen molar-refractivity contribution in [1.29, 1.82) is 0 Å². The van der Waals surface area contributed by atoms with Crippen LogP contribution in [0.25, 0.3) is 0 Å². The summed E-state index contributed by atoms with van der Waals surface area (Å²) < 4.78 is 27.9. The van der Waals surface area contributed by atoms with Gasteiger partial charge in [-0.1, -0.05) is 12.8 Å². The number of piperidine rings is 1. The molecular formula is C20H30N2O3S2. The van der Waals surface area contributed by atoms with Crippen LogP contribution in [0.4, 0.5) is 0 Å². The van der Waals surface area contributed by atoms with Crippen molar-refractivity contribution in [3.8, 4) is 0 Å². The molecule has 4 rings (SSSR count). The van der Waals surface area contributed by atoms with Crippen molar-refractivity contribution in [2.24, 2.45) is 11.8 Å². The summed E-state index contributed by atoms with van der Waals surface area (Å²) in [5, 5.41) is 0. The van der Waals surface area contributed by atoms with Crippen molar-refractivity contribution in [2.45, 2.75) is 75.1 Å². The molecule has 2 aliphatic heterocycles. The van der Waals surface area contributed by atoms with E-state index in [1.807, 2.05) is 13.0 Å². The van der Waals surface area contributed by atoms with Crippen molar-refractivity contribution in [3.05, 3.63) is 17.0 Å². The van der Waals surface area contributed by atoms with Gasteiger partial charge in [-0.2, -0.15) is 4.31 Å². The molecular weight excluding hydrogens is 380 g/mol. The summed E-state index contributed by atoms with van der Waals surface area (Å²) in [6.07, 6.45) is 7.52. The van der Waals surface area contributed by atoms with Crippen LogP contribution in [0.3, 0.4) is 0 Å². The van der Waals surface area contributed by atoms with Gasteiger partial charge < -0.3 is 4.90 Å². The summed E-state index contributed by atoms with van der Waals surface area (Å²) >= 11 is 1.31. The highest BCUT2D eigenvalue weighted by atomic mass is 32.2. The van der Waals surface area contributed by atoms with E-state index in [-0.39, 0.29) is 17.9 Å². The molecule has 0 N–H and O–H groups in total. The number of fused-ring (bicyclic) bond motifs is 1. The Morgan fingerprint density at radius 3 is 2.67 bits per heavy atom. The molecule has 3 aliphatic rings. The number of aryl methyl sites for hydroxylation is 1. The number of hydrogen-bond acceptors (Lipinski definition) is 4. The van der Waals surface area contributed by atoms with E-state index >= 15 is 0 Å². The van der Waals surface area contributed by atoms with Crippen LogP contribution in [0.15, 0.2) is 16.3 Å². The number of thiophene rings is 1. The van der Waals surface area contributed by atoms with Gasteiger partial charge in [-0.25, -0.2) is 8.42 Å². The Balaban J connectivity index is 1.50. The number of rotatable bonds is 3. The molecule has 1 aromatic rings. The molecule has 0 bridgehead atoms. The fraction of sp³-hybridized carbons (Fsp3) is 0.750. The lowest BCUT2D eigenvalue weighted by molar-refractivity contribution is -0.140. The van der Waals surface area contributed by atoms with Gasteiger partial charge in [0.15, 0.2) is 0 Å². The van der Waals surface area contributed by atoms with Crippen LogP contribution in [0.5, 0.6) is 0 Å². The first-order valence-electron chi connectivity index (χ1n) is 10.3. The zero-order valence-electron chi connectivity index (χ0n) is 16.3. The lowest BCUT2D eigenvalue weighted by Gasteiger charge is -2.38. The predicted molar refractivity (Wildman–Crippen MR) is 107 cm³/mol. The average Bonchev–Trinajstić information content (AvgIpc) is 3.24. The van der Waals surface area contributed by atoms with E-state index in [1.54, 1.807) is 10.4 Å². The Hall–Kier alpha value is -0.920. The zero-order chi connectivity index (χ0) is 19.2. The number of nitrogens with zero attached hydrogens (tertiary/aromatic N) is 2. The molecule has 2 saturated heterocycles. The van der Waals surface area contributed by atoms with Crippen LogP contribution in [0, 0.1) is 18.8 Å². The van der Waals surface area contributed by atoms with Crippen molar-refractivity contribution in [2.75, 3.05) is 13.1 Å². The van der Waals surface area contributed by atoms with Crippen LogP contribution in [0.2, 0.25) is 0 Å². The number of carbonyl (C=O) groups is 1. The Morgan fingerprint density at radius 1 is 1.15 bits per heavy atom. The van der Waals surface area contributed by atoms with Crippen molar-refractivity contribution in [3.63, 3.8) is 0 Å². The summed E-state index contributed by atoms with van der Waals surface area (Å²) in [6, 6.07) is 4.21. The van der Waals surface area contributed by atoms with E-state index < -0.39 is 10.0 Å². The second kappa shape index (κ2) is 7.48. The lowest BCUT2D eigenvalue weighted by atomic mass is 9.84. The normalized spacial score (nSPS) is 32.4. The fourth-order valence-electron chi connectivity index (χ4n) is 5.34. The first kappa shape index (κ1) is 19.4. The monoisotopic (exact) mass is 410 g/mol. The third-order valence-corrected chi connectivity index (χ3v) is 9.98. The molecule has 1 amide bonds. The Labute approximate surface area is 166 Å². The quantitative estimate of drug-likeness (QED) is 0.764. The van der Waals surface area contributed by atoms with Crippen LogP contribution in [0.1, 0.15) is 56.7 Å². The molecule has 4 atom stereocenters. The first-order valence-corrected chi connectivity index (χ1v) is 12.5. The van der Waals surface area contributed by atoms with Gasteiger partial charge in [0.2, 0.25) is 5.91 Å². The summed E-state index contributed by atoms with van der Waals surface area (Å²) in [5.74, 6) is 0.645. The van der Waals surface area contributed by atoms with E-state index in [0.29, 0.717) is 29.3 Å². The molecule has 1 saturated carbocycles. The van der Waals surface area contributed by atoms with E-state index in [9.17, 15) is 13.2 Å². The smallest absolute Gasteiger partial charge is 0.252 e. The third-order valence-electron chi connectivity index (χ3n) is 6.64. The molecule has 3 fully saturated rings. The number of sulfonamides is 1. The standard InChI is InChI=1S/C20H30N2O3S2/c1-14-12-16-6-3-4-8-18(16)22(14)20(23)17-7-5-11-21(13-17)27(24,25)19-10-9-15(2)26-19/h9-10,14,16-18H,3-8,11-13H2,1-2H3. The minimum atomic E-state index is -3.49. The SMILES string of the molecule is Cc1ccc(S(=O)(=O)N2CCCC(C(=O)N3C(C)CC4CCCCC43)C2)s1. The Kier molecular flexibility index (Phi) is 5.38. The molecule has 0 aromatic carbocycles. The lowest BCUT2D eigenvalue weighted by Crippen LogP contribution is -2.50. The van der Waals surface area contributed by atoms with Crippen LogP contribution >= 0.6 is 11.3 Å². The molecule has 5 nitrogen and oxygen atoms in total. The van der Waals surface area contributed by atoms with Gasteiger partial charge in [0.25, 0.3) is 10.0 Å². The number of likely N-dealkylation sites (tertiary alicyclic amines) is 1. The second-order valence-corrected chi connectivity index (χ2v) is 12.0. The molecule has 150 valence electrons. The maximum absolute atomic E-state index is 13.4. The van der Waals surface area contributed by atoms with E-state index in [1.165, 1.54) is 30.6 Å². The van der Waals surface area contributed by atoms with Gasteiger partial charge >= 0.3 is 0 Å². The maximum atomic E-state index is 13.4. The van der Waals surface area contributed by atoms with Gasteiger partial charge in [-0.15, -0.1) is 11.3 Å². The van der Waals surface area contributed by atoms with Gasteiger partial charge in [0.1, 0.15) is 4.21 Å². The molecule has 4 unspecified atom stereocenters. The third kappa shape index (κ3) is 3.58. The van der Waals surface area contributed by atoms with E-state index in [2.05, 4.69) is 11.8 Å². The van der Waals surface area contributed by atoms with Crippen LogP contribution < -0.4 is 0 Å². The minimum absolute atomic E-state index is 0.194. The largest absolute Gasteiger partial charge is 0.336 e. The molecule has 0 radical (unpaired) electrons. The van der Waals surface area contributed by atoms with Crippen molar-refractivity contribution in [1.82, 2.24) is 9.21 Å². The van der Waals surface area contributed by atoms with Crippen LogP contribution in [-0.4, -0.2) is 48.7 Å². The number of amides is 1. The topological polar surface area (TPSA) is 57.7 Å². The molecule has 0 spiro atoms. The highest BCUT2D eigenvalue weighted by Gasteiger charge is 2.45. The highest BCUT2D eigenvalue weighted by Crippen LogP contribution is 2.41. The minimum Gasteiger partial charge on any atom is -0.336 e. The van der Waals surface area contributed by atoms with Crippen molar-refractivity contribution < 1.29 is 13.2 Å². The second-order valence-electron chi connectivity index (χ2n) is 8.51. The Bertz CT molecular complexity index is 804. The van der Waals surface area contributed by atoms with Gasteiger partial charge in [0, 0.05) is 30.1 Å². The van der Waals surface area contributed by atoms with Crippen molar-refractivity contribution >= 4 is 27.3 Å². The average molecular weight is 411 g/mol. The summed E-state index contributed by atoms with van der Waals surface area (Å²) in [5.41, 5.74) is 0. The molecule has 27 heavy (non-hydrogen) atoms. The van der Waals surface area contributed by atoms with Gasteiger partial charge in [-0.3, -0.25) is 4.79 Å². The first-order chi connectivity index (χ1) is 12.9. The fourth-order valence-corrected chi connectivity index (χ4v) is 8.30. The molecule has 3 heterocycles. The number of hydrogen-bond donors (Lipinski definition) is 0. The maximum Gasteiger partial charge on any atom is 0.252 e. The molecule has 7 heteroatoms. The van der Waals surface area contributed by atoms with Crippen LogP contribution in [-0.2, 0) is 14.8 Å². The molecule has 1 aromatic heterocycles. The molecule has 1 aliphatic carbocycles. The summed E-state index contributed by atoms with van der Waals surface area (Å²) in [6.45, 7) is 4.94. The highest BCUT2D eigenvalue weighted by molar-refractivity contribution is 7.91. The summed E-state index contributed by atoms with van der Waals surface area (Å²) in [4.78, 5) is 16.5. The van der Waals surface area contributed by atoms with Gasteiger partial charge in [-0.05, 0) is 64.0 Å². The zero-order valence-corrected chi connectivity index (χ0v) is 17.9. The van der Waals surface area contributed by atoms with E-state index in [0.717, 1.165) is 30.6 Å². The Morgan fingerprint density at radius 2 is 1.93 bits per heavy atom. The van der Waals surface area contributed by atoms with Gasteiger partial charge in [0.05, 0.1) is 5.92 Å².